The Morgan fingerprint density at radius 2 is 0.605 bits per heavy atom. The predicted octanol–water partition coefficient (Wildman–Crippen LogP) is 24.6. The number of aliphatic hydroxyl groups excluding tert-OH is 1. The molecule has 9 N–H and O–H groups in total. The lowest BCUT2D eigenvalue weighted by molar-refractivity contribution is -0.155. The highest BCUT2D eigenvalue weighted by molar-refractivity contribution is 9.08. The minimum atomic E-state index is -0.789. The molecule has 0 radical (unpaired) electrons. The van der Waals surface area contributed by atoms with Crippen LogP contribution in [-0.4, -0.2) is 104 Å². The summed E-state index contributed by atoms with van der Waals surface area (Å²) in [4.78, 5) is 116. The third kappa shape index (κ3) is 61.4. The van der Waals surface area contributed by atoms with E-state index in [1.54, 1.807) is 0 Å². The zero-order chi connectivity index (χ0) is 109. The molecule has 0 unspecified atom stereocenters. The first-order valence-corrected chi connectivity index (χ1v) is 50.4. The molecule has 11 aromatic carbocycles. The number of carbonyl (C=O) groups excluding carboxylic acids is 8. The molecule has 0 saturated carbocycles. The van der Waals surface area contributed by atoms with Crippen LogP contribution < -0.4 is 22.1 Å². The first kappa shape index (κ1) is 128. The third-order valence-corrected chi connectivity index (χ3v) is 21.1. The van der Waals surface area contributed by atoms with Crippen molar-refractivity contribution in [2.75, 3.05) is 6.61 Å². The number of azide groups is 1. The number of amides is 2. The quantitative estimate of drug-likeness (QED) is 0.00382. The molecule has 11 rings (SSSR count). The Labute approximate surface area is 887 Å². The van der Waals surface area contributed by atoms with Crippen LogP contribution in [0.15, 0.2) is 290 Å². The lowest BCUT2D eigenvalue weighted by Gasteiger charge is -2.20. The number of halogens is 3. The number of hydrogen-bond donors (Lipinski definition) is 7. The lowest BCUT2D eigenvalue weighted by Crippen LogP contribution is -2.26. The van der Waals surface area contributed by atoms with Gasteiger partial charge in [-0.3, -0.25) is 33.6 Å². The minimum Gasteiger partial charge on any atom is -0.481 e. The second kappa shape index (κ2) is 69.4. The van der Waals surface area contributed by atoms with Gasteiger partial charge in [0, 0.05) is 72.8 Å². The first-order valence-electron chi connectivity index (χ1n) is 47.8. The molecular formula is C117H144Br2ClN7O20. The number of aryl methyl sites for hydroxylation is 1. The van der Waals surface area contributed by atoms with Gasteiger partial charge in [-0.2, -0.15) is 0 Å². The molecule has 0 aromatic heterocycles. The monoisotopic (exact) mass is 2160 g/mol. The highest BCUT2D eigenvalue weighted by atomic mass is 79.9. The summed E-state index contributed by atoms with van der Waals surface area (Å²) in [5.41, 5.74) is 35.2. The number of esters is 4. The van der Waals surface area contributed by atoms with E-state index in [-0.39, 0.29) is 107 Å². The number of ketones is 1. The van der Waals surface area contributed by atoms with Gasteiger partial charge in [0.2, 0.25) is 0 Å². The SMILES string of the molecule is CC(C)(C)CC(=O)Cc1ccccc1CBr.CC(C)(C)OC(=O)Cc1ccccc1CN.CC(C)(C)OC(=O)Cc1ccccc1CN.CC(C)(C)OC(=O)Cc1ccccc1CN=[N+]=[N-].CC(C)(C)OC(=O)Cc1ccccc1CNC(=O)OCc1ccccc1.Cc1ccccc1CC(=O)O.O=C(Cl)OCc1ccccc1.O=C(NCc1ccccc1CCO)OCc1ccccc1.O=C(O)Cc1ccccc1CBr. The number of aliphatic carboxylic acids is 2. The molecule has 0 spiro atoms. The zero-order valence-electron chi connectivity index (χ0n) is 87.2. The van der Waals surface area contributed by atoms with Gasteiger partial charge in [-0.1, -0.05) is 343 Å². The molecule has 0 heterocycles. The van der Waals surface area contributed by atoms with E-state index < -0.39 is 52.0 Å². The van der Waals surface area contributed by atoms with Gasteiger partial charge in [-0.25, -0.2) is 14.4 Å². The van der Waals surface area contributed by atoms with Crippen molar-refractivity contribution >= 4 is 103 Å². The maximum atomic E-state index is 12.0. The van der Waals surface area contributed by atoms with Crippen molar-refractivity contribution in [2.24, 2.45) is 22.0 Å². The molecule has 30 heteroatoms. The van der Waals surface area contributed by atoms with Crippen LogP contribution in [0.1, 0.15) is 216 Å². The van der Waals surface area contributed by atoms with Gasteiger partial charge in [0.1, 0.15) is 48.0 Å². The number of nitrogens with one attached hydrogen (secondary N) is 2. The molecule has 0 fully saturated rings. The van der Waals surface area contributed by atoms with Crippen molar-refractivity contribution in [1.82, 2.24) is 10.6 Å². The Morgan fingerprint density at radius 1 is 0.347 bits per heavy atom. The van der Waals surface area contributed by atoms with E-state index in [4.69, 9.17) is 72.3 Å². The summed E-state index contributed by atoms with van der Waals surface area (Å²) in [6, 6.07) is 89.4. The largest absolute Gasteiger partial charge is 0.481 e. The molecule has 0 bridgehead atoms. The third-order valence-electron chi connectivity index (χ3n) is 19.8. The predicted molar refractivity (Wildman–Crippen MR) is 584 cm³/mol. The fourth-order valence-electron chi connectivity index (χ4n) is 13.3. The van der Waals surface area contributed by atoms with E-state index in [9.17, 15) is 47.9 Å². The summed E-state index contributed by atoms with van der Waals surface area (Å²) in [5, 5.41) is 36.6. The molecule has 0 aliphatic rings. The Balaban J connectivity index is 0.000000430. The van der Waals surface area contributed by atoms with E-state index in [1.165, 1.54) is 5.56 Å². The second-order valence-electron chi connectivity index (χ2n) is 38.3. The number of rotatable bonds is 33. The Kier molecular flexibility index (Phi) is 60.2. The fraction of sp³-hybridized carbons (Fsp3) is 0.350. The molecule has 2 amide bonds. The van der Waals surface area contributed by atoms with Crippen LogP contribution in [0.2, 0.25) is 0 Å². The van der Waals surface area contributed by atoms with E-state index in [0.29, 0.717) is 50.0 Å². The van der Waals surface area contributed by atoms with Gasteiger partial charge in [0.15, 0.2) is 0 Å². The number of carboxylic acids is 2. The number of nitrogens with two attached hydrogens (primary N) is 2. The summed E-state index contributed by atoms with van der Waals surface area (Å²) in [6.07, 6.45) is 1.96. The van der Waals surface area contributed by atoms with Gasteiger partial charge in [0.05, 0.1) is 45.1 Å². The number of aliphatic hydroxyl groups is 1. The standard InChI is InChI=1S/C21H25NO4.C17H19NO3.C14H19BrO.C13H17N3O2.2C13H19NO2.C9H9BrO2.C9H10O2.C8H7ClO2/c1-21(2,3)26-19(23)13-17-11-7-8-12-18(17)14-22-20(24)25-15-16-9-5-4-6-10-16;19-11-10-15-8-4-5-9-16(15)12-18-17(20)21-13-14-6-2-1-3-7-14;1-14(2,3)9-13(16)8-11-6-4-5-7-12(11)10-15;1-13(2,3)18-12(17)8-10-6-4-5-7-11(10)9-15-16-14;2*1-13(2,3)16-12(15)8-10-6-4-5-7-11(10)9-14;10-6-8-4-2-1-3-7(8)5-9(11)12;1-7-4-2-3-5-8(7)6-9(10)11;9-8(10)11-6-7-4-2-1-3-5-7/h4-12H,13-15H2,1-3H3,(H,22,24);1-9,19H,10-13H2,(H,18,20);4-7H,8-10H2,1-3H3;4-7H,8-9H2,1-3H3;2*4-7H,8-9,14H2,1-3H3;1-4H,5-6H2,(H,11,12);2-5H,6H2,1H3,(H,10,11);1-5H,6H2. The topological polar surface area (TPSA) is 421 Å². The first-order chi connectivity index (χ1) is 69.5. The zero-order valence-corrected chi connectivity index (χ0v) is 91.1. The van der Waals surface area contributed by atoms with Crippen molar-refractivity contribution < 1.29 is 96.4 Å². The van der Waals surface area contributed by atoms with Crippen molar-refractivity contribution in [2.45, 2.75) is 254 Å². The van der Waals surface area contributed by atoms with Crippen molar-refractivity contribution in [1.29, 1.82) is 0 Å². The number of carbonyl (C=O) groups is 10. The molecule has 788 valence electrons. The van der Waals surface area contributed by atoms with Crippen LogP contribution in [-0.2, 0) is 181 Å². The van der Waals surface area contributed by atoms with Gasteiger partial charge in [-0.05, 0) is 213 Å². The Morgan fingerprint density at radius 3 is 0.905 bits per heavy atom. The van der Waals surface area contributed by atoms with Gasteiger partial charge >= 0.3 is 53.4 Å². The van der Waals surface area contributed by atoms with E-state index in [0.717, 1.165) is 105 Å². The number of alkyl carbamates (subject to hydrolysis) is 2. The van der Waals surface area contributed by atoms with Crippen LogP contribution in [0.25, 0.3) is 10.4 Å². The highest BCUT2D eigenvalue weighted by Crippen LogP contribution is 2.25. The summed E-state index contributed by atoms with van der Waals surface area (Å²) in [6.45, 7) is 33.0. The summed E-state index contributed by atoms with van der Waals surface area (Å²) < 4.78 is 36.0. The number of carboxylic acid groups (broad SMARTS) is 2. The Bertz CT molecular complexity index is 5720. The van der Waals surface area contributed by atoms with E-state index in [1.807, 2.05) is 369 Å². The molecule has 11 aromatic rings. The van der Waals surface area contributed by atoms with Gasteiger partial charge in [0.25, 0.3) is 0 Å². The van der Waals surface area contributed by atoms with E-state index in [2.05, 4.69) is 84.1 Å². The van der Waals surface area contributed by atoms with Crippen molar-refractivity contribution in [3.8, 4) is 0 Å². The normalized spacial score (nSPS) is 10.6. The smallest absolute Gasteiger partial charge is 0.407 e. The molecular weight excluding hydrogens is 2020 g/mol. The number of hydrogen-bond acceptors (Lipinski definition) is 21. The molecule has 0 aliphatic heterocycles. The van der Waals surface area contributed by atoms with Crippen molar-refractivity contribution in [3.63, 3.8) is 0 Å². The molecule has 0 saturated heterocycles. The fourth-order valence-corrected chi connectivity index (χ4v) is 14.4. The number of ether oxygens (including phenoxy) is 7. The van der Waals surface area contributed by atoms with Crippen LogP contribution in [0, 0.1) is 12.3 Å². The minimum absolute atomic E-state index is 0.0838. The number of nitrogens with zero attached hydrogens (tertiary/aromatic N) is 3. The molecule has 0 aliphatic carbocycles. The number of benzene rings is 11. The Hall–Kier alpha value is -13.6. The maximum absolute atomic E-state index is 12.0. The van der Waals surface area contributed by atoms with Gasteiger partial charge in [-0.15, -0.1) is 0 Å². The average Bonchev–Trinajstić information content (AvgIpc) is 0.876. The number of alkyl halides is 2. The molecule has 27 nitrogen and oxygen atoms in total. The highest BCUT2D eigenvalue weighted by Gasteiger charge is 2.24. The lowest BCUT2D eigenvalue weighted by atomic mass is 9.87. The van der Waals surface area contributed by atoms with Crippen LogP contribution >= 0.6 is 43.5 Å². The molecule has 0 atom stereocenters. The summed E-state index contributed by atoms with van der Waals surface area (Å²) in [7, 11) is 0. The van der Waals surface area contributed by atoms with Crippen LogP contribution in [0.5, 0.6) is 0 Å². The second-order valence-corrected chi connectivity index (χ2v) is 39.8. The van der Waals surface area contributed by atoms with Crippen LogP contribution in [0.3, 0.4) is 0 Å². The summed E-state index contributed by atoms with van der Waals surface area (Å²) >= 11 is 11.7. The molecule has 147 heavy (non-hydrogen) atoms. The van der Waals surface area contributed by atoms with Crippen LogP contribution in [0.4, 0.5) is 14.4 Å². The van der Waals surface area contributed by atoms with E-state index >= 15 is 0 Å². The maximum Gasteiger partial charge on any atom is 0.407 e. The summed E-state index contributed by atoms with van der Waals surface area (Å²) in [5.74, 6) is -2.25. The van der Waals surface area contributed by atoms with Crippen molar-refractivity contribution in [3.05, 3.63) is 401 Å². The number of Topliss-reactive ketones (excluding diaryl/α,β-unsaturated/α-hetero) is 1. The average molecular weight is 2160 g/mol. The van der Waals surface area contributed by atoms with Gasteiger partial charge < -0.3 is 70.6 Å².